The van der Waals surface area contributed by atoms with Gasteiger partial charge in [0, 0.05) is 34.2 Å². The Morgan fingerprint density at radius 1 is 1.16 bits per heavy atom. The summed E-state index contributed by atoms with van der Waals surface area (Å²) in [6, 6.07) is 6.01. The van der Waals surface area contributed by atoms with Gasteiger partial charge in [0.05, 0.1) is 0 Å². The molecule has 0 bridgehead atoms. The Kier molecular flexibility index (Phi) is 4.06. The molecule has 0 spiro atoms. The van der Waals surface area contributed by atoms with E-state index in [2.05, 4.69) is 10.1 Å². The molecule has 2 heterocycles. The van der Waals surface area contributed by atoms with Gasteiger partial charge in [-0.2, -0.15) is 0 Å². The lowest BCUT2D eigenvalue weighted by Gasteiger charge is -2.33. The molecule has 7 heteroatoms. The number of nitrogens with one attached hydrogen (secondary N) is 1. The van der Waals surface area contributed by atoms with Crippen LogP contribution in [-0.2, 0) is 4.79 Å². The highest BCUT2D eigenvalue weighted by Gasteiger charge is 2.39. The number of halogens is 3. The maximum Gasteiger partial charge on any atom is 0.573 e. The maximum absolute atomic E-state index is 12.6. The Morgan fingerprint density at radius 2 is 2.00 bits per heavy atom. The molecule has 0 fully saturated rings. The van der Waals surface area contributed by atoms with Crippen LogP contribution in [0.3, 0.4) is 0 Å². The fourth-order valence-corrected chi connectivity index (χ4v) is 4.94. The number of hydrogen-bond acceptors (Lipinski definition) is 4. The summed E-state index contributed by atoms with van der Waals surface area (Å²) in [5.74, 6) is 0.488. The predicted molar refractivity (Wildman–Crippen MR) is 89.0 cm³/mol. The molecular weight excluding hydrogens is 351 g/mol. The quantitative estimate of drug-likeness (QED) is 0.827. The molecule has 0 amide bonds. The average molecular weight is 367 g/mol. The van der Waals surface area contributed by atoms with Gasteiger partial charge in [-0.25, -0.2) is 0 Å². The van der Waals surface area contributed by atoms with E-state index < -0.39 is 6.36 Å². The van der Waals surface area contributed by atoms with Crippen molar-refractivity contribution in [3.05, 3.63) is 51.7 Å². The molecule has 3 nitrogen and oxygen atoms in total. The van der Waals surface area contributed by atoms with Crippen LogP contribution >= 0.6 is 11.8 Å². The zero-order valence-corrected chi connectivity index (χ0v) is 14.1. The van der Waals surface area contributed by atoms with Crippen molar-refractivity contribution in [1.29, 1.82) is 0 Å². The average Bonchev–Trinajstić information content (AvgIpc) is 2.92. The van der Waals surface area contributed by atoms with E-state index in [-0.39, 0.29) is 17.5 Å². The van der Waals surface area contributed by atoms with Crippen molar-refractivity contribution in [1.82, 2.24) is 5.32 Å². The smallest absolute Gasteiger partial charge is 0.406 e. The van der Waals surface area contributed by atoms with Gasteiger partial charge in [-0.15, -0.1) is 24.9 Å². The highest BCUT2D eigenvalue weighted by atomic mass is 32.2. The van der Waals surface area contributed by atoms with Crippen LogP contribution in [0, 0.1) is 0 Å². The van der Waals surface area contributed by atoms with Crippen molar-refractivity contribution in [2.75, 3.05) is 5.75 Å². The molecule has 0 saturated carbocycles. The van der Waals surface area contributed by atoms with Crippen molar-refractivity contribution in [2.45, 2.75) is 38.0 Å². The van der Waals surface area contributed by atoms with Crippen molar-refractivity contribution in [3.63, 3.8) is 0 Å². The molecule has 1 aromatic rings. The molecule has 0 saturated heterocycles. The summed E-state index contributed by atoms with van der Waals surface area (Å²) in [5.41, 5.74) is 3.42. The van der Waals surface area contributed by atoms with E-state index in [9.17, 15) is 18.0 Å². The number of carbonyl (C=O) groups is 1. The van der Waals surface area contributed by atoms with Crippen molar-refractivity contribution in [3.8, 4) is 5.75 Å². The van der Waals surface area contributed by atoms with E-state index in [1.807, 2.05) is 0 Å². The predicted octanol–water partition coefficient (Wildman–Crippen LogP) is 4.63. The molecule has 1 atom stereocenters. The molecule has 0 radical (unpaired) electrons. The number of alkyl halides is 3. The Hall–Kier alpha value is -1.89. The lowest BCUT2D eigenvalue weighted by molar-refractivity contribution is -0.274. The first-order valence-electron chi connectivity index (χ1n) is 8.17. The molecule has 4 rings (SSSR count). The van der Waals surface area contributed by atoms with Gasteiger partial charge in [0.15, 0.2) is 5.78 Å². The molecule has 1 N–H and O–H groups in total. The van der Waals surface area contributed by atoms with Crippen LogP contribution in [0.2, 0.25) is 0 Å². The van der Waals surface area contributed by atoms with Crippen LogP contribution in [-0.4, -0.2) is 17.9 Å². The van der Waals surface area contributed by atoms with Gasteiger partial charge in [-0.05, 0) is 42.7 Å². The van der Waals surface area contributed by atoms with Gasteiger partial charge < -0.3 is 10.1 Å². The van der Waals surface area contributed by atoms with Crippen molar-refractivity contribution in [2.24, 2.45) is 0 Å². The fraction of sp³-hybridized carbons (Fsp3) is 0.389. The normalized spacial score (nSPS) is 23.3. The van der Waals surface area contributed by atoms with Crippen LogP contribution < -0.4 is 10.1 Å². The molecule has 1 aliphatic carbocycles. The van der Waals surface area contributed by atoms with E-state index in [1.165, 1.54) is 12.1 Å². The molecule has 1 aromatic carbocycles. The highest BCUT2D eigenvalue weighted by molar-refractivity contribution is 8.03. The second-order valence-corrected chi connectivity index (χ2v) is 7.43. The van der Waals surface area contributed by atoms with Crippen LogP contribution in [0.25, 0.3) is 0 Å². The van der Waals surface area contributed by atoms with Crippen molar-refractivity contribution < 1.29 is 22.7 Å². The first-order chi connectivity index (χ1) is 11.9. The number of benzene rings is 1. The summed E-state index contributed by atoms with van der Waals surface area (Å²) in [7, 11) is 0. The number of allylic oxidation sites excluding steroid dienone is 4. The third kappa shape index (κ3) is 3.17. The summed E-state index contributed by atoms with van der Waals surface area (Å²) in [6.07, 6.45) is -1.65. The van der Waals surface area contributed by atoms with Gasteiger partial charge in [0.2, 0.25) is 0 Å². The lowest BCUT2D eigenvalue weighted by atomic mass is 9.85. The van der Waals surface area contributed by atoms with Gasteiger partial charge in [-0.1, -0.05) is 12.1 Å². The maximum atomic E-state index is 12.6. The number of carbonyl (C=O) groups excluding carboxylic acids is 1. The molecular formula is C18H16F3NO2S. The van der Waals surface area contributed by atoms with Gasteiger partial charge in [0.1, 0.15) is 5.75 Å². The Morgan fingerprint density at radius 3 is 2.80 bits per heavy atom. The number of rotatable bonds is 2. The third-order valence-electron chi connectivity index (χ3n) is 4.63. The fourth-order valence-electron chi connectivity index (χ4n) is 3.69. The Balaban J connectivity index is 1.78. The zero-order valence-electron chi connectivity index (χ0n) is 13.3. The Bertz CT molecular complexity index is 798. The minimum Gasteiger partial charge on any atom is -0.406 e. The minimum absolute atomic E-state index is 0.0763. The molecule has 0 aromatic heterocycles. The lowest BCUT2D eigenvalue weighted by Crippen LogP contribution is -2.27. The van der Waals surface area contributed by atoms with E-state index in [0.29, 0.717) is 24.0 Å². The highest BCUT2D eigenvalue weighted by Crippen LogP contribution is 2.50. The zero-order chi connectivity index (χ0) is 17.6. The number of thioether (sulfide) groups is 1. The van der Waals surface area contributed by atoms with Crippen LogP contribution in [0.15, 0.2) is 46.1 Å². The van der Waals surface area contributed by atoms with Crippen LogP contribution in [0.4, 0.5) is 13.2 Å². The summed E-state index contributed by atoms with van der Waals surface area (Å²) < 4.78 is 41.7. The Labute approximate surface area is 147 Å². The van der Waals surface area contributed by atoms with Gasteiger partial charge >= 0.3 is 6.36 Å². The first-order valence-corrected chi connectivity index (χ1v) is 9.16. The summed E-state index contributed by atoms with van der Waals surface area (Å²) in [4.78, 5) is 13.5. The summed E-state index contributed by atoms with van der Waals surface area (Å²) >= 11 is 1.69. The number of ether oxygens (including phenoxy) is 1. The minimum atomic E-state index is -4.73. The number of hydrogen-bond donors (Lipinski definition) is 1. The second kappa shape index (κ2) is 6.12. The van der Waals surface area contributed by atoms with Gasteiger partial charge in [-0.3, -0.25) is 4.79 Å². The molecule has 25 heavy (non-hydrogen) atoms. The van der Waals surface area contributed by atoms with Gasteiger partial charge in [0.25, 0.3) is 0 Å². The summed E-state index contributed by atoms with van der Waals surface area (Å²) in [6.45, 7) is 0. The molecule has 1 unspecified atom stereocenters. The molecule has 2 aliphatic heterocycles. The van der Waals surface area contributed by atoms with Crippen LogP contribution in [0.1, 0.15) is 37.2 Å². The van der Waals surface area contributed by atoms with E-state index in [0.717, 1.165) is 34.9 Å². The van der Waals surface area contributed by atoms with Crippen LogP contribution in [0.5, 0.6) is 5.75 Å². The number of Topliss-reactive ketones (excluding diaryl/α,β-unsaturated/α-hetero) is 1. The molecule has 132 valence electrons. The SMILES string of the molecule is O=C1CCC2=C1C(c1cccc(OC(F)(F)F)c1)C1=C(CCCS1)N2. The summed E-state index contributed by atoms with van der Waals surface area (Å²) in [5, 5.41) is 3.41. The standard InChI is InChI=1S/C18H16F3NO2S/c19-18(20,21)24-11-4-1-3-10(9-11)15-16-12(6-7-14(16)23)22-13-5-2-8-25-17(13)15/h1,3-4,9,15,22H,2,5-8H2. The van der Waals surface area contributed by atoms with Crippen molar-refractivity contribution >= 4 is 17.5 Å². The monoisotopic (exact) mass is 367 g/mol. The third-order valence-corrected chi connectivity index (χ3v) is 5.92. The molecule has 3 aliphatic rings. The second-order valence-electron chi connectivity index (χ2n) is 6.29. The topological polar surface area (TPSA) is 38.3 Å². The largest absolute Gasteiger partial charge is 0.573 e. The number of dihydropyridines is 1. The number of ketones is 1. The van der Waals surface area contributed by atoms with E-state index >= 15 is 0 Å². The first kappa shape index (κ1) is 16.6. The van der Waals surface area contributed by atoms with E-state index in [1.54, 1.807) is 23.9 Å². The van der Waals surface area contributed by atoms with E-state index in [4.69, 9.17) is 0 Å².